The lowest BCUT2D eigenvalue weighted by Gasteiger charge is -2.30. The zero-order chi connectivity index (χ0) is 14.8. The normalized spacial score (nSPS) is 14.1. The van der Waals surface area contributed by atoms with Crippen molar-refractivity contribution >= 4 is 15.9 Å². The van der Waals surface area contributed by atoms with Gasteiger partial charge in [-0.05, 0) is 46.5 Å². The van der Waals surface area contributed by atoms with E-state index in [0.717, 1.165) is 5.56 Å². The summed E-state index contributed by atoms with van der Waals surface area (Å²) in [6.45, 7) is 1.90. The van der Waals surface area contributed by atoms with Crippen molar-refractivity contribution in [1.82, 2.24) is 0 Å². The smallest absolute Gasteiger partial charge is 0.137 e. The lowest BCUT2D eigenvalue weighted by atomic mass is 9.82. The van der Waals surface area contributed by atoms with Gasteiger partial charge in [0.15, 0.2) is 0 Å². The molecule has 0 amide bonds. The van der Waals surface area contributed by atoms with Gasteiger partial charge in [-0.2, -0.15) is 0 Å². The van der Waals surface area contributed by atoms with Gasteiger partial charge >= 0.3 is 0 Å². The lowest BCUT2D eigenvalue weighted by molar-refractivity contribution is 0.401. The molecule has 2 aromatic rings. The van der Waals surface area contributed by atoms with Crippen LogP contribution in [0.4, 0.5) is 8.78 Å². The van der Waals surface area contributed by atoms with E-state index in [-0.39, 0.29) is 11.6 Å². The van der Waals surface area contributed by atoms with Gasteiger partial charge in [0.05, 0.1) is 4.47 Å². The van der Waals surface area contributed by atoms with Crippen LogP contribution < -0.4 is 5.73 Å². The Labute approximate surface area is 125 Å². The van der Waals surface area contributed by atoms with Crippen LogP contribution in [0.5, 0.6) is 0 Å². The Kier molecular flexibility index (Phi) is 4.55. The maximum absolute atomic E-state index is 14.0. The van der Waals surface area contributed by atoms with Gasteiger partial charge in [0.25, 0.3) is 0 Å². The highest BCUT2D eigenvalue weighted by Crippen LogP contribution is 2.32. The fourth-order valence-electron chi connectivity index (χ4n) is 2.30. The van der Waals surface area contributed by atoms with Gasteiger partial charge in [-0.3, -0.25) is 0 Å². The molecular formula is C16H16BrF2N. The Morgan fingerprint density at radius 1 is 1.05 bits per heavy atom. The van der Waals surface area contributed by atoms with Crippen molar-refractivity contribution in [3.8, 4) is 0 Å². The van der Waals surface area contributed by atoms with E-state index in [1.165, 1.54) is 12.1 Å². The molecule has 106 valence electrons. The second-order valence-electron chi connectivity index (χ2n) is 4.88. The van der Waals surface area contributed by atoms with Crippen molar-refractivity contribution in [2.75, 3.05) is 0 Å². The van der Waals surface area contributed by atoms with Gasteiger partial charge in [0.1, 0.15) is 11.6 Å². The third kappa shape index (κ3) is 2.91. The minimum atomic E-state index is -0.859. The summed E-state index contributed by atoms with van der Waals surface area (Å²) in [6, 6.07) is 11.3. The van der Waals surface area contributed by atoms with Crippen molar-refractivity contribution in [3.05, 3.63) is 69.7 Å². The van der Waals surface area contributed by atoms with Crippen LogP contribution in [0.1, 0.15) is 24.5 Å². The minimum Gasteiger partial charge on any atom is -0.321 e. The number of rotatable bonds is 4. The molecule has 0 aliphatic carbocycles. The van der Waals surface area contributed by atoms with E-state index in [1.54, 1.807) is 30.3 Å². The van der Waals surface area contributed by atoms with Crippen LogP contribution in [-0.2, 0) is 12.0 Å². The first-order valence-electron chi connectivity index (χ1n) is 6.44. The zero-order valence-electron chi connectivity index (χ0n) is 11.2. The van der Waals surface area contributed by atoms with Gasteiger partial charge in [-0.15, -0.1) is 0 Å². The first-order chi connectivity index (χ1) is 9.48. The van der Waals surface area contributed by atoms with Crippen LogP contribution in [0.2, 0.25) is 0 Å². The minimum absolute atomic E-state index is 0.329. The molecule has 0 heterocycles. The van der Waals surface area contributed by atoms with E-state index >= 15 is 0 Å². The second kappa shape index (κ2) is 6.02. The number of benzene rings is 2. The van der Waals surface area contributed by atoms with E-state index in [1.807, 2.05) is 6.92 Å². The van der Waals surface area contributed by atoms with Crippen molar-refractivity contribution in [3.63, 3.8) is 0 Å². The molecule has 0 aliphatic heterocycles. The molecule has 0 saturated carbocycles. The average Bonchev–Trinajstić information content (AvgIpc) is 2.44. The predicted octanol–water partition coefficient (Wildman–Crippen LogP) is 4.53. The van der Waals surface area contributed by atoms with Crippen LogP contribution in [0.3, 0.4) is 0 Å². The summed E-state index contributed by atoms with van der Waals surface area (Å²) in [5.74, 6) is -0.668. The molecule has 0 spiro atoms. The summed E-state index contributed by atoms with van der Waals surface area (Å²) in [5.41, 5.74) is 6.72. The maximum Gasteiger partial charge on any atom is 0.137 e. The molecule has 0 bridgehead atoms. The number of nitrogens with two attached hydrogens (primary N) is 1. The van der Waals surface area contributed by atoms with Crippen LogP contribution in [0.25, 0.3) is 0 Å². The first-order valence-corrected chi connectivity index (χ1v) is 7.24. The molecule has 0 aromatic heterocycles. The number of halogens is 3. The lowest BCUT2D eigenvalue weighted by Crippen LogP contribution is -2.39. The Morgan fingerprint density at radius 2 is 1.70 bits per heavy atom. The summed E-state index contributed by atoms with van der Waals surface area (Å²) in [5, 5.41) is 0. The molecule has 1 atom stereocenters. The van der Waals surface area contributed by atoms with Gasteiger partial charge in [0, 0.05) is 11.1 Å². The summed E-state index contributed by atoms with van der Waals surface area (Å²) in [4.78, 5) is 0. The van der Waals surface area contributed by atoms with Crippen LogP contribution in [0, 0.1) is 11.6 Å². The Morgan fingerprint density at radius 3 is 2.35 bits per heavy atom. The van der Waals surface area contributed by atoms with Gasteiger partial charge in [-0.25, -0.2) is 8.78 Å². The zero-order valence-corrected chi connectivity index (χ0v) is 12.8. The van der Waals surface area contributed by atoms with Crippen LogP contribution in [0.15, 0.2) is 46.9 Å². The average molecular weight is 340 g/mol. The highest BCUT2D eigenvalue weighted by Gasteiger charge is 2.29. The molecule has 20 heavy (non-hydrogen) atoms. The molecule has 2 aromatic carbocycles. The largest absolute Gasteiger partial charge is 0.321 e. The Hall–Kier alpha value is -1.26. The quantitative estimate of drug-likeness (QED) is 0.869. The highest BCUT2D eigenvalue weighted by atomic mass is 79.9. The molecule has 1 unspecified atom stereocenters. The monoisotopic (exact) mass is 339 g/mol. The molecule has 0 saturated heterocycles. The van der Waals surface area contributed by atoms with Crippen LogP contribution >= 0.6 is 15.9 Å². The Balaban J connectivity index is 2.42. The number of hydrogen-bond acceptors (Lipinski definition) is 1. The molecule has 1 nitrogen and oxygen atoms in total. The predicted molar refractivity (Wildman–Crippen MR) is 80.4 cm³/mol. The standard InChI is InChI=1S/C16H16BrF2N/c1-2-16(20,12-7-3-4-8-13(12)18)10-11-6-5-9-14(19)15(11)17/h3-9H,2,10,20H2,1H3. The highest BCUT2D eigenvalue weighted by molar-refractivity contribution is 9.10. The Bertz CT molecular complexity index is 615. The maximum atomic E-state index is 14.0. The first kappa shape index (κ1) is 15.1. The third-order valence-electron chi connectivity index (χ3n) is 3.58. The summed E-state index contributed by atoms with van der Waals surface area (Å²) in [7, 11) is 0. The van der Waals surface area contributed by atoms with Crippen LogP contribution in [-0.4, -0.2) is 0 Å². The third-order valence-corrected chi connectivity index (χ3v) is 4.47. The van der Waals surface area contributed by atoms with Crippen molar-refractivity contribution < 1.29 is 8.78 Å². The fourth-order valence-corrected chi connectivity index (χ4v) is 2.71. The summed E-state index contributed by atoms with van der Waals surface area (Å²) in [6.07, 6.45) is 0.916. The van der Waals surface area contributed by atoms with Crippen molar-refractivity contribution in [2.24, 2.45) is 5.73 Å². The molecule has 2 rings (SSSR count). The van der Waals surface area contributed by atoms with Crippen molar-refractivity contribution in [1.29, 1.82) is 0 Å². The van der Waals surface area contributed by atoms with Gasteiger partial charge in [0.2, 0.25) is 0 Å². The van der Waals surface area contributed by atoms with E-state index in [4.69, 9.17) is 5.73 Å². The number of hydrogen-bond donors (Lipinski definition) is 1. The molecular weight excluding hydrogens is 324 g/mol. The van der Waals surface area contributed by atoms with Gasteiger partial charge in [-0.1, -0.05) is 37.3 Å². The SMILES string of the molecule is CCC(N)(Cc1cccc(F)c1Br)c1ccccc1F. The summed E-state index contributed by atoms with van der Waals surface area (Å²) >= 11 is 3.23. The molecule has 0 fully saturated rings. The van der Waals surface area contributed by atoms with E-state index in [2.05, 4.69) is 15.9 Å². The molecule has 0 aliphatic rings. The molecule has 0 radical (unpaired) electrons. The van der Waals surface area contributed by atoms with Crippen molar-refractivity contribution in [2.45, 2.75) is 25.3 Å². The fraction of sp³-hybridized carbons (Fsp3) is 0.250. The molecule has 2 N–H and O–H groups in total. The van der Waals surface area contributed by atoms with E-state index < -0.39 is 5.54 Å². The molecule has 4 heteroatoms. The van der Waals surface area contributed by atoms with E-state index in [0.29, 0.717) is 22.9 Å². The topological polar surface area (TPSA) is 26.0 Å². The summed E-state index contributed by atoms with van der Waals surface area (Å²) < 4.78 is 28.0. The van der Waals surface area contributed by atoms with E-state index in [9.17, 15) is 8.78 Å². The van der Waals surface area contributed by atoms with Gasteiger partial charge < -0.3 is 5.73 Å². The second-order valence-corrected chi connectivity index (χ2v) is 5.67.